The monoisotopic (exact) mass is 341 g/mol. The van der Waals surface area contributed by atoms with Gasteiger partial charge in [-0.3, -0.25) is 0 Å². The third-order valence-electron chi connectivity index (χ3n) is 2.51. The number of hydrogen-bond donors (Lipinski definition) is 2. The number of sulfonamides is 1. The van der Waals surface area contributed by atoms with Gasteiger partial charge in [0.1, 0.15) is 5.82 Å². The highest BCUT2D eigenvalue weighted by atomic mass is 35.5. The number of halogens is 2. The Labute approximate surface area is 125 Å². The quantitative estimate of drug-likeness (QED) is 0.828. The van der Waals surface area contributed by atoms with E-state index in [1.165, 1.54) is 11.8 Å². The molecule has 0 heterocycles. The minimum Gasteiger partial charge on any atom is -0.478 e. The first-order valence-electron chi connectivity index (χ1n) is 5.44. The van der Waals surface area contributed by atoms with Crippen molar-refractivity contribution in [3.63, 3.8) is 0 Å². The number of thioether (sulfide) groups is 1. The minimum absolute atomic E-state index is 0.0286. The molecule has 112 valence electrons. The fourth-order valence-electron chi connectivity index (χ4n) is 1.27. The van der Waals surface area contributed by atoms with Gasteiger partial charge in [-0.25, -0.2) is 22.3 Å². The number of benzene rings is 1. The molecule has 5 nitrogen and oxygen atoms in total. The molecule has 9 heteroatoms. The summed E-state index contributed by atoms with van der Waals surface area (Å²) in [6.07, 6.45) is 1.82. The molecule has 1 atom stereocenters. The Balaban J connectivity index is 3.16. The lowest BCUT2D eigenvalue weighted by Gasteiger charge is -2.11. The van der Waals surface area contributed by atoms with Gasteiger partial charge in [0.2, 0.25) is 10.0 Å². The predicted molar refractivity (Wildman–Crippen MR) is 76.5 cm³/mol. The van der Waals surface area contributed by atoms with Crippen molar-refractivity contribution in [3.8, 4) is 0 Å². The van der Waals surface area contributed by atoms with Crippen LogP contribution in [0.25, 0.3) is 0 Å². The summed E-state index contributed by atoms with van der Waals surface area (Å²) >= 11 is 6.94. The molecule has 2 N–H and O–H groups in total. The molecule has 0 aliphatic carbocycles. The van der Waals surface area contributed by atoms with E-state index < -0.39 is 37.3 Å². The molecule has 0 radical (unpaired) electrons. The molecule has 0 bridgehead atoms. The van der Waals surface area contributed by atoms with Crippen molar-refractivity contribution in [1.82, 2.24) is 4.72 Å². The number of carbonyl (C=O) groups is 1. The Morgan fingerprint density at radius 2 is 2.15 bits per heavy atom. The van der Waals surface area contributed by atoms with Gasteiger partial charge in [0.25, 0.3) is 0 Å². The summed E-state index contributed by atoms with van der Waals surface area (Å²) in [4.78, 5) is 10.4. The van der Waals surface area contributed by atoms with E-state index in [0.717, 1.165) is 6.07 Å². The Bertz CT molecular complexity index is 621. The van der Waals surface area contributed by atoms with Crippen LogP contribution in [0.2, 0.25) is 5.02 Å². The first kappa shape index (κ1) is 17.2. The van der Waals surface area contributed by atoms with E-state index >= 15 is 0 Å². The molecule has 1 aromatic rings. The smallest absolute Gasteiger partial charge is 0.337 e. The van der Waals surface area contributed by atoms with E-state index in [1.807, 2.05) is 13.2 Å². The number of hydrogen-bond acceptors (Lipinski definition) is 4. The second kappa shape index (κ2) is 6.75. The van der Waals surface area contributed by atoms with Crippen molar-refractivity contribution >= 4 is 39.4 Å². The Kier molecular flexibility index (Phi) is 5.81. The lowest BCUT2D eigenvalue weighted by Crippen LogP contribution is -2.29. The molecule has 0 spiro atoms. The van der Waals surface area contributed by atoms with Crippen molar-refractivity contribution in [2.45, 2.75) is 17.1 Å². The molecule has 0 fully saturated rings. The molecule has 0 aromatic heterocycles. The predicted octanol–water partition coefficient (Wildman–Crippen LogP) is 2.21. The van der Waals surface area contributed by atoms with Crippen LogP contribution in [0.15, 0.2) is 17.0 Å². The molecule has 0 saturated carbocycles. The van der Waals surface area contributed by atoms with Gasteiger partial charge in [0, 0.05) is 11.8 Å². The maximum Gasteiger partial charge on any atom is 0.337 e. The Hall–Kier alpha value is -0.830. The van der Waals surface area contributed by atoms with Gasteiger partial charge in [-0.2, -0.15) is 11.8 Å². The molecular weight excluding hydrogens is 329 g/mol. The molecule has 20 heavy (non-hydrogen) atoms. The maximum atomic E-state index is 13.5. The van der Waals surface area contributed by atoms with Crippen LogP contribution in [-0.4, -0.2) is 37.5 Å². The van der Waals surface area contributed by atoms with Gasteiger partial charge in [-0.05, 0) is 18.4 Å². The van der Waals surface area contributed by atoms with Gasteiger partial charge in [0.05, 0.1) is 15.5 Å². The summed E-state index contributed by atoms with van der Waals surface area (Å²) in [6.45, 7) is 1.97. The fourth-order valence-corrected chi connectivity index (χ4v) is 2.98. The van der Waals surface area contributed by atoms with Crippen molar-refractivity contribution in [3.05, 3.63) is 28.5 Å². The minimum atomic E-state index is -3.99. The number of rotatable bonds is 6. The van der Waals surface area contributed by atoms with Crippen LogP contribution < -0.4 is 4.72 Å². The van der Waals surface area contributed by atoms with Crippen LogP contribution in [0.1, 0.15) is 17.3 Å². The summed E-state index contributed by atoms with van der Waals surface area (Å²) in [5.41, 5.74) is -0.593. The maximum absolute atomic E-state index is 13.5. The van der Waals surface area contributed by atoms with Crippen molar-refractivity contribution in [2.24, 2.45) is 0 Å². The molecule has 1 unspecified atom stereocenters. The van der Waals surface area contributed by atoms with E-state index in [9.17, 15) is 17.6 Å². The lowest BCUT2D eigenvalue weighted by atomic mass is 10.2. The van der Waals surface area contributed by atoms with Crippen molar-refractivity contribution < 1.29 is 22.7 Å². The zero-order valence-electron chi connectivity index (χ0n) is 10.7. The van der Waals surface area contributed by atoms with E-state index in [0.29, 0.717) is 6.07 Å². The number of aromatic carboxylic acids is 1. The summed E-state index contributed by atoms with van der Waals surface area (Å²) < 4.78 is 39.7. The average Bonchev–Trinajstić information content (AvgIpc) is 2.38. The standard InChI is InChI=1S/C11H13ClFNO4S2/c1-6(19-2)5-14-20(17,18)7-3-8(11(15)16)10(12)9(13)4-7/h3-4,6,14H,5H2,1-2H3,(H,15,16). The van der Waals surface area contributed by atoms with Crippen LogP contribution in [0.5, 0.6) is 0 Å². The molecule has 0 aliphatic rings. The van der Waals surface area contributed by atoms with Crippen LogP contribution in [0, 0.1) is 5.82 Å². The molecule has 0 amide bonds. The molecule has 1 aromatic carbocycles. The Morgan fingerprint density at radius 1 is 1.55 bits per heavy atom. The Morgan fingerprint density at radius 3 is 2.65 bits per heavy atom. The fraction of sp³-hybridized carbons (Fsp3) is 0.364. The zero-order chi connectivity index (χ0) is 15.5. The molecule has 0 aliphatic heterocycles. The van der Waals surface area contributed by atoms with Crippen LogP contribution in [-0.2, 0) is 10.0 Å². The summed E-state index contributed by atoms with van der Waals surface area (Å²) in [7, 11) is -3.99. The topological polar surface area (TPSA) is 83.5 Å². The van der Waals surface area contributed by atoms with Gasteiger partial charge in [-0.1, -0.05) is 18.5 Å². The lowest BCUT2D eigenvalue weighted by molar-refractivity contribution is 0.0696. The van der Waals surface area contributed by atoms with Gasteiger partial charge < -0.3 is 5.11 Å². The average molecular weight is 342 g/mol. The molecular formula is C11H13ClFNO4S2. The van der Waals surface area contributed by atoms with E-state index in [-0.39, 0.29) is 11.8 Å². The van der Waals surface area contributed by atoms with E-state index in [1.54, 1.807) is 0 Å². The summed E-state index contributed by atoms with van der Waals surface area (Å²) in [5.74, 6) is -2.59. The third kappa shape index (κ3) is 4.08. The van der Waals surface area contributed by atoms with Crippen molar-refractivity contribution in [2.75, 3.05) is 12.8 Å². The van der Waals surface area contributed by atoms with Gasteiger partial charge in [0.15, 0.2) is 0 Å². The van der Waals surface area contributed by atoms with Crippen LogP contribution in [0.4, 0.5) is 4.39 Å². The van der Waals surface area contributed by atoms with Gasteiger partial charge >= 0.3 is 5.97 Å². The van der Waals surface area contributed by atoms with Gasteiger partial charge in [-0.15, -0.1) is 0 Å². The first-order valence-corrected chi connectivity index (χ1v) is 8.58. The molecule has 1 rings (SSSR count). The number of carboxylic acids is 1. The first-order chi connectivity index (χ1) is 9.19. The largest absolute Gasteiger partial charge is 0.478 e. The van der Waals surface area contributed by atoms with Crippen molar-refractivity contribution in [1.29, 1.82) is 0 Å². The third-order valence-corrected chi connectivity index (χ3v) is 5.26. The number of nitrogens with one attached hydrogen (secondary N) is 1. The SMILES string of the molecule is CSC(C)CNS(=O)(=O)c1cc(F)c(Cl)c(C(=O)O)c1. The van der Waals surface area contributed by atoms with Crippen LogP contribution >= 0.6 is 23.4 Å². The van der Waals surface area contributed by atoms with Crippen LogP contribution in [0.3, 0.4) is 0 Å². The second-order valence-corrected chi connectivity index (χ2v) is 7.39. The summed E-state index contributed by atoms with van der Waals surface area (Å²) in [6, 6.07) is 1.53. The second-order valence-electron chi connectivity index (χ2n) is 3.97. The van der Waals surface area contributed by atoms with E-state index in [4.69, 9.17) is 16.7 Å². The zero-order valence-corrected chi connectivity index (χ0v) is 13.1. The highest BCUT2D eigenvalue weighted by Crippen LogP contribution is 2.24. The number of carboxylic acid groups (broad SMARTS) is 1. The summed E-state index contributed by atoms with van der Waals surface area (Å²) in [5, 5.41) is 8.28. The highest BCUT2D eigenvalue weighted by Gasteiger charge is 2.22. The normalized spacial score (nSPS) is 13.2. The highest BCUT2D eigenvalue weighted by molar-refractivity contribution is 7.99. The molecule has 0 saturated heterocycles. The van der Waals surface area contributed by atoms with E-state index in [2.05, 4.69) is 4.72 Å².